The number of H-pyrrole nitrogens is 1. The first-order valence-electron chi connectivity index (χ1n) is 13.3. The summed E-state index contributed by atoms with van der Waals surface area (Å²) >= 11 is 0. The van der Waals surface area contributed by atoms with Gasteiger partial charge in [0.05, 0.1) is 35.0 Å². The van der Waals surface area contributed by atoms with Crippen molar-refractivity contribution in [1.29, 1.82) is 0 Å². The van der Waals surface area contributed by atoms with Crippen LogP contribution in [0.1, 0.15) is 52.8 Å². The lowest BCUT2D eigenvalue weighted by Crippen LogP contribution is -2.31. The Morgan fingerprint density at radius 2 is 1.74 bits per heavy atom. The van der Waals surface area contributed by atoms with Crippen LogP contribution in [0.5, 0.6) is 0 Å². The summed E-state index contributed by atoms with van der Waals surface area (Å²) in [6.45, 7) is 3.07. The number of fused-ring (bicyclic) bond motifs is 2. The summed E-state index contributed by atoms with van der Waals surface area (Å²) in [6, 6.07) is 25.3. The SMILES string of the molecule is [B]c1cccc2[nH]c(CN(Cc3ccc(CNCc4ccccn4)cc3)C3CCCc4cccnc43)nc12. The van der Waals surface area contributed by atoms with Crippen molar-refractivity contribution < 1.29 is 0 Å². The third-order valence-corrected chi connectivity index (χ3v) is 7.32. The number of para-hydroxylation sites is 1. The van der Waals surface area contributed by atoms with E-state index in [2.05, 4.69) is 50.5 Å². The average molecular weight is 498 g/mol. The van der Waals surface area contributed by atoms with Gasteiger partial charge in [0.15, 0.2) is 0 Å². The first-order valence-corrected chi connectivity index (χ1v) is 13.3. The maximum Gasteiger partial charge on any atom is 0.121 e. The first-order chi connectivity index (χ1) is 18.7. The van der Waals surface area contributed by atoms with Crippen LogP contribution in [0.3, 0.4) is 0 Å². The van der Waals surface area contributed by atoms with E-state index >= 15 is 0 Å². The van der Waals surface area contributed by atoms with Crippen LogP contribution in [-0.2, 0) is 32.6 Å². The number of aromatic amines is 1. The first kappa shape index (κ1) is 24.5. The minimum absolute atomic E-state index is 0.241. The largest absolute Gasteiger partial charge is 0.341 e. The minimum atomic E-state index is 0.241. The summed E-state index contributed by atoms with van der Waals surface area (Å²) in [4.78, 5) is 20.1. The van der Waals surface area contributed by atoms with E-state index in [1.54, 1.807) is 0 Å². The second-order valence-corrected chi connectivity index (χ2v) is 10.0. The van der Waals surface area contributed by atoms with Gasteiger partial charge in [-0.1, -0.05) is 54.0 Å². The van der Waals surface area contributed by atoms with Crippen molar-refractivity contribution in [1.82, 2.24) is 30.2 Å². The van der Waals surface area contributed by atoms with E-state index < -0.39 is 0 Å². The number of nitrogens with zero attached hydrogens (tertiary/aromatic N) is 4. The Kier molecular flexibility index (Phi) is 7.29. The van der Waals surface area contributed by atoms with Gasteiger partial charge in [0.1, 0.15) is 13.7 Å². The maximum atomic E-state index is 6.20. The molecule has 6 nitrogen and oxygen atoms in total. The maximum absolute atomic E-state index is 6.20. The van der Waals surface area contributed by atoms with Crippen LogP contribution in [0.15, 0.2) is 85.2 Å². The molecule has 1 aliphatic carbocycles. The molecule has 0 saturated carbocycles. The summed E-state index contributed by atoms with van der Waals surface area (Å²) in [5.74, 6) is 0.927. The number of pyridine rings is 2. The van der Waals surface area contributed by atoms with Crippen molar-refractivity contribution in [3.63, 3.8) is 0 Å². The smallest absolute Gasteiger partial charge is 0.121 e. The molecule has 7 heteroatoms. The molecule has 1 aliphatic rings. The van der Waals surface area contributed by atoms with Gasteiger partial charge in [0.25, 0.3) is 0 Å². The molecule has 1 atom stereocenters. The lowest BCUT2D eigenvalue weighted by molar-refractivity contribution is 0.153. The Bertz CT molecular complexity index is 1500. The zero-order chi connectivity index (χ0) is 25.7. The summed E-state index contributed by atoms with van der Waals surface area (Å²) in [6.07, 6.45) is 7.09. The number of hydrogen-bond acceptors (Lipinski definition) is 5. The molecule has 0 spiro atoms. The van der Waals surface area contributed by atoms with Crippen molar-refractivity contribution in [3.05, 3.63) is 119 Å². The van der Waals surface area contributed by atoms with Gasteiger partial charge in [-0.25, -0.2) is 4.98 Å². The summed E-state index contributed by atoms with van der Waals surface area (Å²) in [7, 11) is 6.20. The molecule has 5 aromatic rings. The monoisotopic (exact) mass is 498 g/mol. The third kappa shape index (κ3) is 5.54. The molecular weight excluding hydrogens is 467 g/mol. The summed E-state index contributed by atoms with van der Waals surface area (Å²) < 4.78 is 0. The van der Waals surface area contributed by atoms with Crippen LogP contribution in [0.2, 0.25) is 0 Å². The minimum Gasteiger partial charge on any atom is -0.341 e. The van der Waals surface area contributed by atoms with Crippen molar-refractivity contribution in [3.8, 4) is 0 Å². The zero-order valence-corrected chi connectivity index (χ0v) is 21.5. The highest BCUT2D eigenvalue weighted by Crippen LogP contribution is 2.34. The number of imidazole rings is 1. The standard InChI is InChI=1S/C31H31BN6/c32-26-9-4-10-27-31(26)37-29(36-27)21-38(28-11-3-6-24-7-5-17-35-30(24)28)20-23-14-12-22(13-15-23)18-33-19-25-8-1-2-16-34-25/h1-2,4-5,7-10,12-17,28,33H,3,6,11,18-21H2,(H,36,37). The molecule has 3 aromatic heterocycles. The van der Waals surface area contributed by atoms with E-state index in [0.717, 1.165) is 61.4 Å². The van der Waals surface area contributed by atoms with E-state index in [1.807, 2.05) is 54.9 Å². The third-order valence-electron chi connectivity index (χ3n) is 7.32. The van der Waals surface area contributed by atoms with Crippen LogP contribution in [-0.4, -0.2) is 32.7 Å². The van der Waals surface area contributed by atoms with Gasteiger partial charge in [-0.05, 0) is 60.2 Å². The number of nitrogens with one attached hydrogen (secondary N) is 2. The normalized spacial score (nSPS) is 15.1. The molecule has 3 heterocycles. The summed E-state index contributed by atoms with van der Waals surface area (Å²) in [5.41, 5.74) is 8.66. The number of hydrogen-bond donors (Lipinski definition) is 2. The summed E-state index contributed by atoms with van der Waals surface area (Å²) in [5, 5.41) is 3.49. The highest BCUT2D eigenvalue weighted by atomic mass is 15.2. The molecular formula is C31H31BN6. The van der Waals surface area contributed by atoms with E-state index in [4.69, 9.17) is 17.8 Å². The Morgan fingerprint density at radius 3 is 2.58 bits per heavy atom. The van der Waals surface area contributed by atoms with Gasteiger partial charge in [-0.2, -0.15) is 0 Å². The fourth-order valence-corrected chi connectivity index (χ4v) is 5.42. The molecule has 0 aliphatic heterocycles. The topological polar surface area (TPSA) is 69.7 Å². The van der Waals surface area contributed by atoms with E-state index in [1.165, 1.54) is 22.4 Å². The number of rotatable bonds is 9. The second kappa shape index (κ2) is 11.3. The molecule has 38 heavy (non-hydrogen) atoms. The van der Waals surface area contributed by atoms with Crippen LogP contribution < -0.4 is 10.8 Å². The van der Waals surface area contributed by atoms with E-state index in [9.17, 15) is 0 Å². The van der Waals surface area contributed by atoms with Gasteiger partial charge in [0, 0.05) is 32.0 Å². The van der Waals surface area contributed by atoms with Crippen molar-refractivity contribution in [2.75, 3.05) is 0 Å². The highest BCUT2D eigenvalue weighted by molar-refractivity contribution is 6.38. The fourth-order valence-electron chi connectivity index (χ4n) is 5.42. The van der Waals surface area contributed by atoms with Crippen LogP contribution >= 0.6 is 0 Å². The van der Waals surface area contributed by atoms with Gasteiger partial charge >= 0.3 is 0 Å². The van der Waals surface area contributed by atoms with Crippen molar-refractivity contribution >= 4 is 24.3 Å². The predicted octanol–water partition coefficient (Wildman–Crippen LogP) is 4.52. The van der Waals surface area contributed by atoms with Gasteiger partial charge < -0.3 is 10.3 Å². The molecule has 2 radical (unpaired) electrons. The number of benzene rings is 2. The van der Waals surface area contributed by atoms with Gasteiger partial charge in [-0.15, -0.1) is 0 Å². The van der Waals surface area contributed by atoms with Crippen molar-refractivity contribution in [2.24, 2.45) is 0 Å². The Balaban J connectivity index is 1.21. The van der Waals surface area contributed by atoms with Gasteiger partial charge in [-0.3, -0.25) is 14.9 Å². The van der Waals surface area contributed by atoms with Crippen LogP contribution in [0.4, 0.5) is 0 Å². The zero-order valence-electron chi connectivity index (χ0n) is 21.5. The quantitative estimate of drug-likeness (QED) is 0.293. The molecule has 1 unspecified atom stereocenters. The second-order valence-electron chi connectivity index (χ2n) is 10.0. The molecule has 6 rings (SSSR count). The average Bonchev–Trinajstić information content (AvgIpc) is 3.38. The lowest BCUT2D eigenvalue weighted by atomic mass is 9.90. The highest BCUT2D eigenvalue weighted by Gasteiger charge is 2.28. The number of aromatic nitrogens is 4. The van der Waals surface area contributed by atoms with Crippen LogP contribution in [0.25, 0.3) is 11.0 Å². The molecule has 0 amide bonds. The Labute approximate surface area is 225 Å². The molecule has 0 saturated heterocycles. The van der Waals surface area contributed by atoms with E-state index in [-0.39, 0.29) is 6.04 Å². The molecule has 0 bridgehead atoms. The molecule has 2 aromatic carbocycles. The Morgan fingerprint density at radius 1 is 0.868 bits per heavy atom. The number of aryl methyl sites for hydroxylation is 1. The Hall–Kier alpha value is -3.81. The molecule has 188 valence electrons. The fraction of sp³-hybridized carbons (Fsp3) is 0.258. The molecule has 2 N–H and O–H groups in total. The molecule has 0 fully saturated rings. The van der Waals surface area contributed by atoms with E-state index in [0.29, 0.717) is 12.0 Å². The van der Waals surface area contributed by atoms with Crippen LogP contribution in [0, 0.1) is 0 Å². The predicted molar refractivity (Wildman–Crippen MR) is 152 cm³/mol. The van der Waals surface area contributed by atoms with Gasteiger partial charge in [0.2, 0.25) is 0 Å². The van der Waals surface area contributed by atoms with Crippen molar-refractivity contribution in [2.45, 2.75) is 51.5 Å². The lowest BCUT2D eigenvalue weighted by Gasteiger charge is -2.34.